The van der Waals surface area contributed by atoms with Crippen LogP contribution in [-0.2, 0) is 19.9 Å². The number of nitrogens with two attached hydrogens (primary N) is 1. The van der Waals surface area contributed by atoms with Crippen molar-refractivity contribution in [3.8, 4) is 0 Å². The number of allylic oxidation sites excluding steroid dienone is 1. The zero-order valence-electron chi connectivity index (χ0n) is 26.3. The van der Waals surface area contributed by atoms with Crippen LogP contribution in [0.2, 0.25) is 5.02 Å². The van der Waals surface area contributed by atoms with Crippen LogP contribution < -0.4 is 15.4 Å². The van der Waals surface area contributed by atoms with Crippen LogP contribution in [0.1, 0.15) is 49.0 Å². The van der Waals surface area contributed by atoms with E-state index in [9.17, 15) is 34.8 Å². The van der Waals surface area contributed by atoms with Gasteiger partial charge in [0, 0.05) is 49.0 Å². The summed E-state index contributed by atoms with van der Waals surface area (Å²) in [6.07, 6.45) is 3.17. The lowest BCUT2D eigenvalue weighted by atomic mass is 9.72. The Bertz CT molecular complexity index is 1940. The highest BCUT2D eigenvalue weighted by molar-refractivity contribution is 7.92. The van der Waals surface area contributed by atoms with E-state index in [1.807, 2.05) is 12.1 Å². The molecule has 5 rings (SSSR count). The number of amides is 1. The Hall–Kier alpha value is -3.59. The van der Waals surface area contributed by atoms with Gasteiger partial charge < -0.3 is 10.6 Å². The summed E-state index contributed by atoms with van der Waals surface area (Å²) in [6.45, 7) is 8.64. The third-order valence-corrected chi connectivity index (χ3v) is 11.9. The maximum absolute atomic E-state index is 13.1. The molecule has 3 N–H and O–H groups in total. The van der Waals surface area contributed by atoms with Gasteiger partial charge in [0.1, 0.15) is 4.90 Å². The molecule has 1 amide bonds. The van der Waals surface area contributed by atoms with Crippen LogP contribution in [0, 0.1) is 5.41 Å². The van der Waals surface area contributed by atoms with E-state index in [0.717, 1.165) is 69.8 Å². The molecule has 1 aliphatic heterocycles. The monoisotopic (exact) mass is 724 g/mol. The number of nitrogens with zero attached hydrogens (tertiary/aromatic N) is 2. The number of carbonyl (C=O) groups is 1. The first kappa shape index (κ1) is 35.7. The number of sulfone groups is 1. The van der Waals surface area contributed by atoms with Gasteiger partial charge in [0.25, 0.3) is 25.8 Å². The largest absolute Gasteiger partial charge is 0.501 e. The maximum atomic E-state index is 13.1. The van der Waals surface area contributed by atoms with Gasteiger partial charge in [-0.3, -0.25) is 9.69 Å². The number of nitrogens with one attached hydrogen (secondary N) is 1. The normalized spacial score (nSPS) is 17.8. The third-order valence-electron chi connectivity index (χ3n) is 8.78. The predicted molar refractivity (Wildman–Crippen MR) is 180 cm³/mol. The molecule has 0 aromatic heterocycles. The number of halogens is 4. The topological polar surface area (TPSA) is 130 Å². The molecule has 48 heavy (non-hydrogen) atoms. The predicted octanol–water partition coefficient (Wildman–Crippen LogP) is 6.12. The lowest BCUT2D eigenvalue weighted by Crippen LogP contribution is -2.47. The number of alkyl halides is 3. The highest BCUT2D eigenvalue weighted by Crippen LogP contribution is 2.43. The van der Waals surface area contributed by atoms with Crippen molar-refractivity contribution in [3.63, 3.8) is 0 Å². The fourth-order valence-electron chi connectivity index (χ4n) is 6.00. The summed E-state index contributed by atoms with van der Waals surface area (Å²) in [4.78, 5) is 15.1. The molecular weight excluding hydrogens is 689 g/mol. The van der Waals surface area contributed by atoms with Crippen molar-refractivity contribution < 1.29 is 34.8 Å². The quantitative estimate of drug-likeness (QED) is 0.266. The fraction of sp³-hybridized carbons (Fsp3) is 0.364. The number of carbonyl (C=O) groups excluding carboxylic acids is 1. The lowest BCUT2D eigenvalue weighted by Gasteiger charge is -2.39. The van der Waals surface area contributed by atoms with Gasteiger partial charge in [-0.1, -0.05) is 43.2 Å². The molecule has 15 heteroatoms. The standard InChI is InChI=1S/C33H36ClF3N4O5S2/c1-32(2)14-13-24(28(20-32)22-3-7-25(34)8-4-22)21-40-15-17-41(18-16-40)26-9-5-23(6-10-26)31(42)39-48(45,46)27-11-12-29(38)30(19-27)47(43,44)33(35,36)37/h3-12,19H,13-18,20-21,38H2,1-2H3,(H,39,42). The first-order valence-corrected chi connectivity index (χ1v) is 18.5. The van der Waals surface area contributed by atoms with E-state index in [2.05, 4.69) is 35.8 Å². The molecule has 0 radical (unpaired) electrons. The molecule has 0 atom stereocenters. The van der Waals surface area contributed by atoms with Gasteiger partial charge in [0.05, 0.1) is 10.6 Å². The number of hydrogen-bond donors (Lipinski definition) is 2. The molecule has 9 nitrogen and oxygen atoms in total. The number of piperazine rings is 1. The van der Waals surface area contributed by atoms with E-state index < -0.39 is 46.8 Å². The Kier molecular flexibility index (Phi) is 9.95. The van der Waals surface area contributed by atoms with Crippen molar-refractivity contribution in [2.75, 3.05) is 43.4 Å². The molecule has 1 heterocycles. The number of nitrogen functional groups attached to an aromatic ring is 1. The third kappa shape index (κ3) is 7.82. The van der Waals surface area contributed by atoms with Gasteiger partial charge in [-0.25, -0.2) is 21.6 Å². The van der Waals surface area contributed by atoms with Gasteiger partial charge in [-0.15, -0.1) is 0 Å². The van der Waals surface area contributed by atoms with Gasteiger partial charge >= 0.3 is 5.51 Å². The molecule has 0 spiro atoms. The van der Waals surface area contributed by atoms with Gasteiger partial charge in [-0.05, 0) is 90.4 Å². The summed E-state index contributed by atoms with van der Waals surface area (Å²) in [5.41, 5.74) is 4.03. The fourth-order valence-corrected chi connectivity index (χ4v) is 8.11. The minimum atomic E-state index is -5.93. The molecule has 2 aliphatic rings. The highest BCUT2D eigenvalue weighted by atomic mass is 35.5. The van der Waals surface area contributed by atoms with Crippen molar-refractivity contribution in [3.05, 3.63) is 88.5 Å². The van der Waals surface area contributed by atoms with E-state index in [1.54, 1.807) is 16.9 Å². The second kappa shape index (κ2) is 13.4. The van der Waals surface area contributed by atoms with Crippen LogP contribution in [-0.4, -0.2) is 65.9 Å². The molecule has 0 bridgehead atoms. The van der Waals surface area contributed by atoms with Crippen LogP contribution in [0.3, 0.4) is 0 Å². The van der Waals surface area contributed by atoms with E-state index in [4.69, 9.17) is 17.3 Å². The Labute approximate surface area is 283 Å². The van der Waals surface area contributed by atoms with E-state index in [-0.39, 0.29) is 17.0 Å². The van der Waals surface area contributed by atoms with Gasteiger partial charge in [0.2, 0.25) is 0 Å². The molecule has 0 unspecified atom stereocenters. The lowest BCUT2D eigenvalue weighted by molar-refractivity contribution is -0.0435. The van der Waals surface area contributed by atoms with Crippen molar-refractivity contribution in [1.29, 1.82) is 0 Å². The van der Waals surface area contributed by atoms with Crippen LogP contribution in [0.5, 0.6) is 0 Å². The Balaban J connectivity index is 1.22. The molecule has 258 valence electrons. The summed E-state index contributed by atoms with van der Waals surface area (Å²) in [5, 5.41) is 0.713. The summed E-state index contributed by atoms with van der Waals surface area (Å²) in [5.74, 6) is -1.04. The van der Waals surface area contributed by atoms with E-state index in [0.29, 0.717) is 5.02 Å². The molecule has 1 fully saturated rings. The zero-order valence-corrected chi connectivity index (χ0v) is 28.7. The van der Waals surface area contributed by atoms with Crippen LogP contribution in [0.25, 0.3) is 5.57 Å². The van der Waals surface area contributed by atoms with E-state index >= 15 is 0 Å². The second-order valence-corrected chi connectivity index (χ2v) is 16.9. The van der Waals surface area contributed by atoms with Crippen molar-refractivity contribution >= 4 is 54.3 Å². The summed E-state index contributed by atoms with van der Waals surface area (Å²) in [6, 6.07) is 16.1. The Morgan fingerprint density at radius 1 is 0.938 bits per heavy atom. The molecule has 3 aromatic rings. The maximum Gasteiger partial charge on any atom is 0.501 e. The van der Waals surface area contributed by atoms with Gasteiger partial charge in [-0.2, -0.15) is 13.2 Å². The Morgan fingerprint density at radius 2 is 1.56 bits per heavy atom. The summed E-state index contributed by atoms with van der Waals surface area (Å²) < 4.78 is 90.4. The summed E-state index contributed by atoms with van der Waals surface area (Å²) >= 11 is 6.15. The number of hydrogen-bond acceptors (Lipinski definition) is 8. The number of sulfonamides is 1. The van der Waals surface area contributed by atoms with Crippen molar-refractivity contribution in [1.82, 2.24) is 9.62 Å². The molecular formula is C33H36ClF3N4O5S2. The van der Waals surface area contributed by atoms with Crippen molar-refractivity contribution in [2.45, 2.75) is 48.4 Å². The van der Waals surface area contributed by atoms with Crippen LogP contribution in [0.4, 0.5) is 24.5 Å². The van der Waals surface area contributed by atoms with Gasteiger partial charge in [0.15, 0.2) is 0 Å². The molecule has 0 saturated carbocycles. The average Bonchev–Trinajstić information content (AvgIpc) is 3.02. The zero-order chi connectivity index (χ0) is 35.1. The first-order valence-electron chi connectivity index (χ1n) is 15.2. The minimum Gasteiger partial charge on any atom is -0.398 e. The Morgan fingerprint density at radius 3 is 2.17 bits per heavy atom. The molecule has 1 aliphatic carbocycles. The number of benzene rings is 3. The minimum absolute atomic E-state index is 0.0126. The first-order chi connectivity index (χ1) is 22.4. The van der Waals surface area contributed by atoms with E-state index in [1.165, 1.54) is 28.8 Å². The summed E-state index contributed by atoms with van der Waals surface area (Å²) in [7, 11) is -10.7. The average molecular weight is 725 g/mol. The molecule has 3 aromatic carbocycles. The smallest absolute Gasteiger partial charge is 0.398 e. The number of anilines is 2. The SMILES string of the molecule is CC1(C)CCC(CN2CCN(c3ccc(C(=O)NS(=O)(=O)c4ccc(N)c(S(=O)(=O)C(F)(F)F)c4)cc3)CC2)=C(c2ccc(Cl)cc2)C1. The second-order valence-electron chi connectivity index (χ2n) is 12.8. The van der Waals surface area contributed by atoms with Crippen molar-refractivity contribution in [2.24, 2.45) is 5.41 Å². The molecule has 1 saturated heterocycles. The number of rotatable bonds is 8. The van der Waals surface area contributed by atoms with Crippen LogP contribution >= 0.6 is 11.6 Å². The van der Waals surface area contributed by atoms with Crippen LogP contribution in [0.15, 0.2) is 82.1 Å². The highest BCUT2D eigenvalue weighted by Gasteiger charge is 2.48.